The van der Waals surface area contributed by atoms with Crippen molar-refractivity contribution in [3.05, 3.63) is 52.6 Å². The quantitative estimate of drug-likeness (QED) is 0.846. The molecule has 0 saturated heterocycles. The largest absolute Gasteiger partial charge is 0.322 e. The van der Waals surface area contributed by atoms with Crippen LogP contribution in [-0.4, -0.2) is 15.9 Å². The van der Waals surface area contributed by atoms with Crippen LogP contribution in [0.3, 0.4) is 0 Å². The molecule has 0 atom stereocenters. The second-order valence-electron chi connectivity index (χ2n) is 3.96. The number of aromatic nitrogens is 2. The zero-order chi connectivity index (χ0) is 13.1. The first-order valence-corrected chi connectivity index (χ1v) is 5.80. The van der Waals surface area contributed by atoms with Crippen molar-refractivity contribution in [2.24, 2.45) is 0 Å². The van der Waals surface area contributed by atoms with Crippen LogP contribution in [0.2, 0.25) is 5.15 Å². The van der Waals surface area contributed by atoms with Gasteiger partial charge in [-0.05, 0) is 37.6 Å². The third-order valence-corrected chi connectivity index (χ3v) is 2.65. The van der Waals surface area contributed by atoms with Gasteiger partial charge in [-0.2, -0.15) is 0 Å². The molecule has 0 aliphatic rings. The standard InChI is InChI=1S/C13H12ClN3O/c1-8-7-15-4-3-11(8)17-13(18)10-5-9(2)16-12(14)6-10/h3-7H,1-2H3,(H,15,17,18). The number of carbonyl (C=O) groups excluding carboxylic acids is 1. The Morgan fingerprint density at radius 2 is 2.11 bits per heavy atom. The second-order valence-corrected chi connectivity index (χ2v) is 4.35. The van der Waals surface area contributed by atoms with E-state index in [1.165, 1.54) is 0 Å². The molecule has 92 valence electrons. The molecule has 2 aromatic rings. The van der Waals surface area contributed by atoms with Gasteiger partial charge < -0.3 is 5.32 Å². The Bertz CT molecular complexity index is 578. The minimum Gasteiger partial charge on any atom is -0.322 e. The Kier molecular flexibility index (Phi) is 3.58. The molecule has 2 rings (SSSR count). The van der Waals surface area contributed by atoms with Gasteiger partial charge in [-0.15, -0.1) is 0 Å². The predicted molar refractivity (Wildman–Crippen MR) is 70.9 cm³/mol. The third kappa shape index (κ3) is 2.84. The number of hydrogen-bond donors (Lipinski definition) is 1. The highest BCUT2D eigenvalue weighted by Gasteiger charge is 2.09. The molecule has 0 aromatic carbocycles. The number of halogens is 1. The fraction of sp³-hybridized carbons (Fsp3) is 0.154. The second kappa shape index (κ2) is 5.14. The van der Waals surface area contributed by atoms with Crippen LogP contribution in [0.4, 0.5) is 5.69 Å². The molecule has 0 fully saturated rings. The molecule has 0 saturated carbocycles. The van der Waals surface area contributed by atoms with Gasteiger partial charge in [0.15, 0.2) is 0 Å². The van der Waals surface area contributed by atoms with Crippen molar-refractivity contribution in [3.63, 3.8) is 0 Å². The Hall–Kier alpha value is -1.94. The topological polar surface area (TPSA) is 54.9 Å². The maximum absolute atomic E-state index is 12.1. The number of carbonyl (C=O) groups is 1. The van der Waals surface area contributed by atoms with Gasteiger partial charge in [0.25, 0.3) is 5.91 Å². The summed E-state index contributed by atoms with van der Waals surface area (Å²) in [6, 6.07) is 4.99. The Morgan fingerprint density at radius 1 is 1.33 bits per heavy atom. The van der Waals surface area contributed by atoms with Crippen molar-refractivity contribution >= 4 is 23.2 Å². The first-order valence-electron chi connectivity index (χ1n) is 5.42. The average molecular weight is 262 g/mol. The van der Waals surface area contributed by atoms with E-state index in [1.54, 1.807) is 37.5 Å². The van der Waals surface area contributed by atoms with E-state index in [4.69, 9.17) is 11.6 Å². The third-order valence-electron chi connectivity index (χ3n) is 2.45. The number of nitrogens with zero attached hydrogens (tertiary/aromatic N) is 2. The van der Waals surface area contributed by atoms with E-state index in [-0.39, 0.29) is 5.91 Å². The fourth-order valence-electron chi connectivity index (χ4n) is 1.57. The highest BCUT2D eigenvalue weighted by Crippen LogP contribution is 2.15. The number of pyridine rings is 2. The molecule has 0 bridgehead atoms. The van der Waals surface area contributed by atoms with Crippen LogP contribution in [0.1, 0.15) is 21.6 Å². The number of amides is 1. The summed E-state index contributed by atoms with van der Waals surface area (Å²) in [5.41, 5.74) is 2.84. The summed E-state index contributed by atoms with van der Waals surface area (Å²) in [5.74, 6) is -0.211. The van der Waals surface area contributed by atoms with Gasteiger partial charge in [-0.25, -0.2) is 4.98 Å². The van der Waals surface area contributed by atoms with Crippen LogP contribution in [0, 0.1) is 13.8 Å². The van der Waals surface area contributed by atoms with E-state index >= 15 is 0 Å². The van der Waals surface area contributed by atoms with Gasteiger partial charge in [-0.3, -0.25) is 9.78 Å². The van der Waals surface area contributed by atoms with Crippen LogP contribution >= 0.6 is 11.6 Å². The van der Waals surface area contributed by atoms with Crippen molar-refractivity contribution in [2.45, 2.75) is 13.8 Å². The van der Waals surface area contributed by atoms with Crippen LogP contribution in [0.15, 0.2) is 30.6 Å². The SMILES string of the molecule is Cc1cc(C(=O)Nc2ccncc2C)cc(Cl)n1. The molecule has 1 amide bonds. The van der Waals surface area contributed by atoms with Gasteiger partial charge in [0.1, 0.15) is 5.15 Å². The summed E-state index contributed by atoms with van der Waals surface area (Å²) in [6.45, 7) is 3.67. The molecule has 2 heterocycles. The normalized spacial score (nSPS) is 10.2. The minimum absolute atomic E-state index is 0.211. The molecule has 2 aromatic heterocycles. The molecule has 0 spiro atoms. The maximum Gasteiger partial charge on any atom is 0.255 e. The van der Waals surface area contributed by atoms with E-state index < -0.39 is 0 Å². The van der Waals surface area contributed by atoms with Gasteiger partial charge in [0, 0.05) is 29.3 Å². The zero-order valence-corrected chi connectivity index (χ0v) is 10.8. The van der Waals surface area contributed by atoms with Crippen molar-refractivity contribution < 1.29 is 4.79 Å². The summed E-state index contributed by atoms with van der Waals surface area (Å²) in [4.78, 5) is 20.0. The van der Waals surface area contributed by atoms with E-state index in [0.717, 1.165) is 11.3 Å². The number of nitrogens with one attached hydrogen (secondary N) is 1. The van der Waals surface area contributed by atoms with E-state index in [2.05, 4.69) is 15.3 Å². The van der Waals surface area contributed by atoms with E-state index in [0.29, 0.717) is 16.4 Å². The Morgan fingerprint density at radius 3 is 2.78 bits per heavy atom. The predicted octanol–water partition coefficient (Wildman–Crippen LogP) is 3.00. The molecule has 4 nitrogen and oxygen atoms in total. The number of aryl methyl sites for hydroxylation is 2. The lowest BCUT2D eigenvalue weighted by atomic mass is 10.2. The smallest absolute Gasteiger partial charge is 0.255 e. The summed E-state index contributed by atoms with van der Waals surface area (Å²) in [7, 11) is 0. The van der Waals surface area contributed by atoms with Crippen molar-refractivity contribution in [2.75, 3.05) is 5.32 Å². The molecule has 0 aliphatic carbocycles. The minimum atomic E-state index is -0.211. The first kappa shape index (κ1) is 12.5. The zero-order valence-electron chi connectivity index (χ0n) is 10.1. The van der Waals surface area contributed by atoms with Crippen molar-refractivity contribution in [1.29, 1.82) is 0 Å². The van der Waals surface area contributed by atoms with E-state index in [1.807, 2.05) is 6.92 Å². The molecule has 5 heteroatoms. The molecule has 0 aliphatic heterocycles. The average Bonchev–Trinajstić information content (AvgIpc) is 2.31. The number of anilines is 1. The summed E-state index contributed by atoms with van der Waals surface area (Å²) in [5, 5.41) is 3.13. The molecular formula is C13H12ClN3O. The van der Waals surface area contributed by atoms with E-state index in [9.17, 15) is 4.79 Å². The van der Waals surface area contributed by atoms with Crippen molar-refractivity contribution in [1.82, 2.24) is 9.97 Å². The monoisotopic (exact) mass is 261 g/mol. The van der Waals surface area contributed by atoms with Gasteiger partial charge in [0.05, 0.1) is 0 Å². The lowest BCUT2D eigenvalue weighted by Gasteiger charge is -2.08. The molecule has 0 radical (unpaired) electrons. The van der Waals surface area contributed by atoms with Crippen LogP contribution in [0.25, 0.3) is 0 Å². The van der Waals surface area contributed by atoms with Crippen molar-refractivity contribution in [3.8, 4) is 0 Å². The fourth-order valence-corrected chi connectivity index (χ4v) is 1.82. The van der Waals surface area contributed by atoms with Crippen LogP contribution < -0.4 is 5.32 Å². The maximum atomic E-state index is 12.1. The highest BCUT2D eigenvalue weighted by molar-refractivity contribution is 6.29. The van der Waals surface area contributed by atoms with Gasteiger partial charge in [-0.1, -0.05) is 11.6 Å². The number of hydrogen-bond acceptors (Lipinski definition) is 3. The summed E-state index contributed by atoms with van der Waals surface area (Å²) < 4.78 is 0. The molecular weight excluding hydrogens is 250 g/mol. The number of rotatable bonds is 2. The highest BCUT2D eigenvalue weighted by atomic mass is 35.5. The first-order chi connectivity index (χ1) is 8.56. The van der Waals surface area contributed by atoms with Gasteiger partial charge in [0.2, 0.25) is 0 Å². The lowest BCUT2D eigenvalue weighted by Crippen LogP contribution is -2.13. The summed E-state index contributed by atoms with van der Waals surface area (Å²) >= 11 is 5.83. The lowest BCUT2D eigenvalue weighted by molar-refractivity contribution is 0.102. The Balaban J connectivity index is 2.25. The van der Waals surface area contributed by atoms with Gasteiger partial charge >= 0.3 is 0 Å². The molecule has 1 N–H and O–H groups in total. The van der Waals surface area contributed by atoms with Crippen LogP contribution in [-0.2, 0) is 0 Å². The summed E-state index contributed by atoms with van der Waals surface area (Å²) in [6.07, 6.45) is 3.33. The van der Waals surface area contributed by atoms with Crippen LogP contribution in [0.5, 0.6) is 0 Å². The molecule has 0 unspecified atom stereocenters. The molecule has 18 heavy (non-hydrogen) atoms. The Labute approximate surface area is 110 Å².